The smallest absolute Gasteiger partial charge is 0.120 e. The van der Waals surface area contributed by atoms with Gasteiger partial charge in [0.2, 0.25) is 0 Å². The largest absolute Gasteiger partial charge is 0.497 e. The summed E-state index contributed by atoms with van der Waals surface area (Å²) in [6, 6.07) is 8.87. The van der Waals surface area contributed by atoms with Crippen molar-refractivity contribution in [2.45, 2.75) is 12.5 Å². The number of benzene rings is 1. The monoisotopic (exact) mass is 263 g/mol. The molecule has 0 bridgehead atoms. The average molecular weight is 263 g/mol. The molecular weight excluding hydrogens is 238 g/mol. The zero-order valence-electron chi connectivity index (χ0n) is 12.2. The summed E-state index contributed by atoms with van der Waals surface area (Å²) < 4.78 is 5.32. The second kappa shape index (κ2) is 6.78. The Kier molecular flexibility index (Phi) is 5.05. The SMILES string of the molecule is COc1cccc(N2CCCNC(CN(C)C)C2)c1. The number of nitrogens with zero attached hydrogens (tertiary/aromatic N) is 2. The molecule has 1 unspecified atom stereocenters. The molecule has 106 valence electrons. The van der Waals surface area contributed by atoms with Gasteiger partial charge in [0.15, 0.2) is 0 Å². The zero-order valence-corrected chi connectivity index (χ0v) is 12.2. The maximum absolute atomic E-state index is 5.32. The Labute approximate surface area is 116 Å². The highest BCUT2D eigenvalue weighted by molar-refractivity contribution is 5.51. The minimum atomic E-state index is 0.517. The molecule has 4 heteroatoms. The van der Waals surface area contributed by atoms with Crippen molar-refractivity contribution in [1.82, 2.24) is 10.2 Å². The first-order valence-corrected chi connectivity index (χ1v) is 6.96. The molecule has 0 spiro atoms. The van der Waals surface area contributed by atoms with Gasteiger partial charge in [0.1, 0.15) is 5.75 Å². The second-order valence-electron chi connectivity index (χ2n) is 5.41. The third kappa shape index (κ3) is 4.11. The first kappa shape index (κ1) is 14.2. The molecule has 1 aliphatic heterocycles. The Bertz CT molecular complexity index is 395. The lowest BCUT2D eigenvalue weighted by Crippen LogP contribution is -2.44. The summed E-state index contributed by atoms with van der Waals surface area (Å²) in [4.78, 5) is 4.70. The van der Waals surface area contributed by atoms with E-state index in [9.17, 15) is 0 Å². The van der Waals surface area contributed by atoms with E-state index in [1.165, 1.54) is 12.1 Å². The molecule has 1 fully saturated rings. The molecule has 4 nitrogen and oxygen atoms in total. The van der Waals surface area contributed by atoms with Crippen molar-refractivity contribution in [3.63, 3.8) is 0 Å². The van der Waals surface area contributed by atoms with E-state index in [1.54, 1.807) is 7.11 Å². The molecule has 1 aromatic carbocycles. The third-order valence-corrected chi connectivity index (χ3v) is 3.48. The van der Waals surface area contributed by atoms with E-state index < -0.39 is 0 Å². The molecule has 1 saturated heterocycles. The van der Waals surface area contributed by atoms with Crippen molar-refractivity contribution in [2.75, 3.05) is 52.3 Å². The van der Waals surface area contributed by atoms with E-state index >= 15 is 0 Å². The summed E-state index contributed by atoms with van der Waals surface area (Å²) in [5, 5.41) is 3.63. The summed E-state index contributed by atoms with van der Waals surface area (Å²) in [5.74, 6) is 0.930. The van der Waals surface area contributed by atoms with Gasteiger partial charge in [-0.3, -0.25) is 0 Å². The minimum Gasteiger partial charge on any atom is -0.497 e. The molecular formula is C15H25N3O. The van der Waals surface area contributed by atoms with Gasteiger partial charge in [0.25, 0.3) is 0 Å². The van der Waals surface area contributed by atoms with Gasteiger partial charge in [-0.15, -0.1) is 0 Å². The van der Waals surface area contributed by atoms with Gasteiger partial charge in [0.05, 0.1) is 7.11 Å². The maximum Gasteiger partial charge on any atom is 0.120 e. The fraction of sp³-hybridized carbons (Fsp3) is 0.600. The highest BCUT2D eigenvalue weighted by Crippen LogP contribution is 2.22. The molecule has 0 aliphatic carbocycles. The molecule has 0 saturated carbocycles. The first-order valence-electron chi connectivity index (χ1n) is 6.96. The van der Waals surface area contributed by atoms with E-state index in [1.807, 2.05) is 6.07 Å². The average Bonchev–Trinajstić information content (AvgIpc) is 2.64. The molecule has 1 aliphatic rings. The molecule has 2 rings (SSSR count). The van der Waals surface area contributed by atoms with Crippen LogP contribution in [0.3, 0.4) is 0 Å². The van der Waals surface area contributed by atoms with Crippen LogP contribution in [-0.2, 0) is 0 Å². The Morgan fingerprint density at radius 2 is 2.26 bits per heavy atom. The Morgan fingerprint density at radius 3 is 3.00 bits per heavy atom. The lowest BCUT2D eigenvalue weighted by atomic mass is 10.2. The van der Waals surface area contributed by atoms with Crippen LogP contribution in [0.25, 0.3) is 0 Å². The Morgan fingerprint density at radius 1 is 1.42 bits per heavy atom. The number of anilines is 1. The molecule has 1 atom stereocenters. The molecule has 1 aromatic rings. The van der Waals surface area contributed by atoms with Gasteiger partial charge < -0.3 is 19.9 Å². The summed E-state index contributed by atoms with van der Waals surface area (Å²) in [5.41, 5.74) is 1.26. The van der Waals surface area contributed by atoms with Crippen LogP contribution in [0.2, 0.25) is 0 Å². The molecule has 0 amide bonds. The van der Waals surface area contributed by atoms with Crippen molar-refractivity contribution < 1.29 is 4.74 Å². The van der Waals surface area contributed by atoms with Crippen LogP contribution in [0.5, 0.6) is 5.75 Å². The van der Waals surface area contributed by atoms with Gasteiger partial charge in [-0.05, 0) is 39.2 Å². The molecule has 0 radical (unpaired) electrons. The Balaban J connectivity index is 2.08. The highest BCUT2D eigenvalue weighted by Gasteiger charge is 2.18. The fourth-order valence-electron chi connectivity index (χ4n) is 2.60. The number of ether oxygens (including phenoxy) is 1. The van der Waals surface area contributed by atoms with Crippen LogP contribution in [0.1, 0.15) is 6.42 Å². The van der Waals surface area contributed by atoms with Crippen molar-refractivity contribution in [3.8, 4) is 5.75 Å². The van der Waals surface area contributed by atoms with Crippen LogP contribution in [0.4, 0.5) is 5.69 Å². The summed E-state index contributed by atoms with van der Waals surface area (Å²) >= 11 is 0. The number of hydrogen-bond donors (Lipinski definition) is 1. The molecule has 1 heterocycles. The van der Waals surface area contributed by atoms with Crippen molar-refractivity contribution in [1.29, 1.82) is 0 Å². The van der Waals surface area contributed by atoms with E-state index in [-0.39, 0.29) is 0 Å². The number of nitrogens with one attached hydrogen (secondary N) is 1. The van der Waals surface area contributed by atoms with Crippen molar-refractivity contribution >= 4 is 5.69 Å². The normalized spacial score (nSPS) is 20.4. The van der Waals surface area contributed by atoms with Crippen LogP contribution >= 0.6 is 0 Å². The van der Waals surface area contributed by atoms with E-state index in [2.05, 4.69) is 47.4 Å². The lowest BCUT2D eigenvalue weighted by Gasteiger charge is -2.28. The van der Waals surface area contributed by atoms with Crippen LogP contribution < -0.4 is 15.0 Å². The van der Waals surface area contributed by atoms with Crippen LogP contribution in [-0.4, -0.2) is 58.3 Å². The van der Waals surface area contributed by atoms with Crippen molar-refractivity contribution in [2.24, 2.45) is 0 Å². The predicted molar refractivity (Wildman–Crippen MR) is 80.2 cm³/mol. The second-order valence-corrected chi connectivity index (χ2v) is 5.41. The molecule has 0 aromatic heterocycles. The van der Waals surface area contributed by atoms with Crippen LogP contribution in [0, 0.1) is 0 Å². The van der Waals surface area contributed by atoms with Crippen molar-refractivity contribution in [3.05, 3.63) is 24.3 Å². The maximum atomic E-state index is 5.32. The summed E-state index contributed by atoms with van der Waals surface area (Å²) in [7, 11) is 5.98. The minimum absolute atomic E-state index is 0.517. The van der Waals surface area contributed by atoms with E-state index in [0.29, 0.717) is 6.04 Å². The first-order chi connectivity index (χ1) is 9.19. The van der Waals surface area contributed by atoms with Gasteiger partial charge >= 0.3 is 0 Å². The topological polar surface area (TPSA) is 27.7 Å². The zero-order chi connectivity index (χ0) is 13.7. The summed E-state index contributed by atoms with van der Waals surface area (Å²) in [6.07, 6.45) is 1.18. The standard InChI is InChI=1S/C15H25N3O/c1-17(2)11-13-12-18(9-5-8-16-13)14-6-4-7-15(10-14)19-3/h4,6-7,10,13,16H,5,8-9,11-12H2,1-3H3. The van der Waals surface area contributed by atoms with Gasteiger partial charge in [0, 0.05) is 37.4 Å². The lowest BCUT2D eigenvalue weighted by molar-refractivity contribution is 0.346. The predicted octanol–water partition coefficient (Wildman–Crippen LogP) is 1.43. The fourth-order valence-corrected chi connectivity index (χ4v) is 2.60. The number of methoxy groups -OCH3 is 1. The van der Waals surface area contributed by atoms with E-state index in [4.69, 9.17) is 4.74 Å². The number of hydrogen-bond acceptors (Lipinski definition) is 4. The van der Waals surface area contributed by atoms with Crippen LogP contribution in [0.15, 0.2) is 24.3 Å². The van der Waals surface area contributed by atoms with Gasteiger partial charge in [-0.1, -0.05) is 6.07 Å². The van der Waals surface area contributed by atoms with Gasteiger partial charge in [-0.2, -0.15) is 0 Å². The highest BCUT2D eigenvalue weighted by atomic mass is 16.5. The third-order valence-electron chi connectivity index (χ3n) is 3.48. The van der Waals surface area contributed by atoms with E-state index in [0.717, 1.165) is 31.9 Å². The van der Waals surface area contributed by atoms with Gasteiger partial charge in [-0.25, -0.2) is 0 Å². The molecule has 1 N–H and O–H groups in total. The number of rotatable bonds is 4. The Hall–Kier alpha value is -1.26. The molecule has 19 heavy (non-hydrogen) atoms. The quantitative estimate of drug-likeness (QED) is 0.889. The summed E-state index contributed by atoms with van der Waals surface area (Å²) in [6.45, 7) is 4.31. The number of likely N-dealkylation sites (N-methyl/N-ethyl adjacent to an activating group) is 1.